The van der Waals surface area contributed by atoms with E-state index in [2.05, 4.69) is 106 Å². The van der Waals surface area contributed by atoms with Crippen molar-refractivity contribution in [2.45, 2.75) is 78.6 Å². The lowest BCUT2D eigenvalue weighted by Gasteiger charge is -2.21. The number of carbonyl (C=O) groups is 2. The van der Waals surface area contributed by atoms with Crippen LogP contribution in [0.1, 0.15) is 78.6 Å². The molecule has 3 atom stereocenters. The van der Waals surface area contributed by atoms with Crippen LogP contribution in [0.2, 0.25) is 0 Å². The lowest BCUT2D eigenvalue weighted by atomic mass is 9.81. The minimum atomic E-state index is -0.935. The first kappa shape index (κ1) is 59.9. The molecule has 0 aromatic heterocycles. The van der Waals surface area contributed by atoms with Gasteiger partial charge < -0.3 is 9.84 Å². The molecule has 0 spiro atoms. The third-order valence-electron chi connectivity index (χ3n) is 6.27. The zero-order valence-corrected chi connectivity index (χ0v) is 33.3. The monoisotopic (exact) mass is 736 g/mol. The van der Waals surface area contributed by atoms with Crippen LogP contribution in [0.4, 0.5) is 0 Å². The number of methoxy groups -OCH3 is 1. The van der Waals surface area contributed by atoms with E-state index in [1.807, 2.05) is 19.1 Å². The van der Waals surface area contributed by atoms with Crippen molar-refractivity contribution in [3.8, 4) is 24.3 Å². The number of nitriles is 4. The summed E-state index contributed by atoms with van der Waals surface area (Å²) < 4.78 is 4.62. The molecule has 0 amide bonds. The molecule has 0 fully saturated rings. The Kier molecular flexibility index (Phi) is 54.2. The smallest absolute Gasteiger partial charge is 0.330 e. The standard InChI is InChI=1S/C8H11N.C8H12O2.C7H9N.C4H5N.C4H6O2.3C4H6.C3H3N/c1-8(7-9)5-3-2-4-6-8;1-10-8(9)7-5-3-2-4-6-7;8-6-7-4-2-1-3-5-7;1-4(2)3-5;1-3(2)4(5)6;3*1-3-4-2;1-2-3-4/h2-3H,4-6H2,1H3;2-3,7H,4-6H2,1H3;1-2,7H,3-5H2;1H2,2H3;1H2,2H3,(H,5,6);3*3-4H,1-2H2;2H,1H2. The van der Waals surface area contributed by atoms with Crippen LogP contribution >= 0.6 is 0 Å². The van der Waals surface area contributed by atoms with E-state index >= 15 is 0 Å². The van der Waals surface area contributed by atoms with E-state index in [0.717, 1.165) is 57.8 Å². The van der Waals surface area contributed by atoms with Gasteiger partial charge in [0.1, 0.15) is 0 Å². The number of nitrogens with zero attached hydrogens (tertiary/aromatic N) is 4. The molecule has 1 N–H and O–H groups in total. The van der Waals surface area contributed by atoms with Crippen LogP contribution in [-0.4, -0.2) is 24.2 Å². The third kappa shape index (κ3) is 55.2. The highest BCUT2D eigenvalue weighted by Crippen LogP contribution is 2.30. The summed E-state index contributed by atoms with van der Waals surface area (Å²) >= 11 is 0. The van der Waals surface area contributed by atoms with Gasteiger partial charge in [0.2, 0.25) is 0 Å². The van der Waals surface area contributed by atoms with Gasteiger partial charge in [0.05, 0.1) is 48.6 Å². The minimum absolute atomic E-state index is 0.0608. The molecule has 54 heavy (non-hydrogen) atoms. The quantitative estimate of drug-likeness (QED) is 0.0959. The summed E-state index contributed by atoms with van der Waals surface area (Å²) in [6.07, 6.45) is 32.6. The number of rotatable bonds is 5. The predicted molar refractivity (Wildman–Crippen MR) is 227 cm³/mol. The van der Waals surface area contributed by atoms with Gasteiger partial charge in [-0.05, 0) is 78.6 Å². The number of hydrogen-bond donors (Lipinski definition) is 1. The fraction of sp³-hybridized carbons (Fsp3) is 0.348. The highest BCUT2D eigenvalue weighted by Gasteiger charge is 2.23. The highest BCUT2D eigenvalue weighted by atomic mass is 16.5. The average molecular weight is 737 g/mol. The molecule has 0 aromatic carbocycles. The molecule has 3 rings (SSSR count). The summed E-state index contributed by atoms with van der Waals surface area (Å²) in [6.45, 7) is 34.9. The lowest BCUT2D eigenvalue weighted by Crippen LogP contribution is -2.16. The van der Waals surface area contributed by atoms with Crippen LogP contribution in [0.25, 0.3) is 0 Å². The van der Waals surface area contributed by atoms with Crippen LogP contribution in [0.3, 0.4) is 0 Å². The van der Waals surface area contributed by atoms with E-state index in [0.29, 0.717) is 11.5 Å². The van der Waals surface area contributed by atoms with E-state index in [9.17, 15) is 9.59 Å². The number of ether oxygens (including phenoxy) is 1. The third-order valence-corrected chi connectivity index (χ3v) is 6.27. The Morgan fingerprint density at radius 2 is 1.17 bits per heavy atom. The number of carbonyl (C=O) groups excluding carboxylic acids is 1. The highest BCUT2D eigenvalue weighted by molar-refractivity contribution is 5.84. The SMILES string of the molecule is C=C(C)C#N.C=C(C)C(=O)O.C=CC#N.C=CC=C.C=CC=C.C=CC=C.CC1(C#N)CC=CCC1.COC(=O)C1CC=CCC1.N#CC1CC=CCC1. The average Bonchev–Trinajstić information content (AvgIpc) is 3.22. The van der Waals surface area contributed by atoms with Crippen LogP contribution < -0.4 is 0 Å². The van der Waals surface area contributed by atoms with Crippen molar-refractivity contribution in [3.05, 3.63) is 149 Å². The molecule has 0 saturated heterocycles. The number of carboxylic acid groups (broad SMARTS) is 1. The Morgan fingerprint density at radius 1 is 0.759 bits per heavy atom. The Bertz CT molecular complexity index is 1330. The summed E-state index contributed by atoms with van der Waals surface area (Å²) in [7, 11) is 1.45. The fourth-order valence-corrected chi connectivity index (χ4v) is 3.15. The fourth-order valence-electron chi connectivity index (χ4n) is 3.15. The van der Waals surface area contributed by atoms with Gasteiger partial charge in [-0.3, -0.25) is 4.79 Å². The topological polar surface area (TPSA) is 159 Å². The largest absolute Gasteiger partial charge is 0.478 e. The molecule has 8 nitrogen and oxygen atoms in total. The molecule has 0 saturated carbocycles. The van der Waals surface area contributed by atoms with Gasteiger partial charge in [-0.2, -0.15) is 21.0 Å². The molecule has 0 aromatic rings. The van der Waals surface area contributed by atoms with Gasteiger partial charge >= 0.3 is 11.9 Å². The van der Waals surface area contributed by atoms with Crippen LogP contribution in [0.15, 0.2) is 149 Å². The van der Waals surface area contributed by atoms with Gasteiger partial charge in [-0.1, -0.05) is 132 Å². The number of hydrogen-bond acceptors (Lipinski definition) is 7. The van der Waals surface area contributed by atoms with Crippen molar-refractivity contribution >= 4 is 11.9 Å². The lowest BCUT2D eigenvalue weighted by molar-refractivity contribution is -0.145. The van der Waals surface area contributed by atoms with E-state index in [4.69, 9.17) is 26.2 Å². The van der Waals surface area contributed by atoms with Gasteiger partial charge in [-0.25, -0.2) is 4.79 Å². The molecular weight excluding hydrogens is 673 g/mol. The number of allylic oxidation sites excluding steroid dienone is 14. The molecule has 3 aliphatic carbocycles. The molecule has 3 aliphatic rings. The van der Waals surface area contributed by atoms with Gasteiger partial charge in [0.25, 0.3) is 0 Å². The van der Waals surface area contributed by atoms with E-state index < -0.39 is 5.97 Å². The van der Waals surface area contributed by atoms with Gasteiger partial charge in [-0.15, -0.1) is 0 Å². The zero-order valence-electron chi connectivity index (χ0n) is 33.3. The van der Waals surface area contributed by atoms with Crippen molar-refractivity contribution in [3.63, 3.8) is 0 Å². The Morgan fingerprint density at radius 3 is 1.35 bits per heavy atom. The Labute approximate surface area is 328 Å². The van der Waals surface area contributed by atoms with Crippen molar-refractivity contribution in [1.29, 1.82) is 21.0 Å². The van der Waals surface area contributed by atoms with Gasteiger partial charge in [0.15, 0.2) is 0 Å². The minimum Gasteiger partial charge on any atom is -0.478 e. The second-order valence-electron chi connectivity index (χ2n) is 11.2. The molecule has 8 heteroatoms. The summed E-state index contributed by atoms with van der Waals surface area (Å²) in [5.41, 5.74) is 0.675. The summed E-state index contributed by atoms with van der Waals surface area (Å²) in [5, 5.41) is 40.3. The number of carboxylic acids is 1. The van der Waals surface area contributed by atoms with Gasteiger partial charge in [0, 0.05) is 17.2 Å². The Hall–Kier alpha value is -6.22. The van der Waals surface area contributed by atoms with Crippen LogP contribution in [-0.2, 0) is 14.3 Å². The van der Waals surface area contributed by atoms with Crippen LogP contribution in [0, 0.1) is 62.6 Å². The first-order valence-electron chi connectivity index (χ1n) is 17.1. The zero-order chi connectivity index (χ0) is 43.1. The molecule has 0 radical (unpaired) electrons. The second kappa shape index (κ2) is 48.9. The molecule has 0 bridgehead atoms. The molecular formula is C46H64N4O4. The summed E-state index contributed by atoms with van der Waals surface area (Å²) in [6, 6.07) is 8.11. The number of esters is 1. The first-order chi connectivity index (χ1) is 25.6. The maximum Gasteiger partial charge on any atom is 0.330 e. The maximum atomic E-state index is 10.9. The first-order valence-corrected chi connectivity index (χ1v) is 17.1. The van der Waals surface area contributed by atoms with E-state index in [1.54, 1.807) is 49.4 Å². The van der Waals surface area contributed by atoms with E-state index in [-0.39, 0.29) is 22.9 Å². The molecule has 0 aliphatic heterocycles. The van der Waals surface area contributed by atoms with Crippen molar-refractivity contribution in [2.75, 3.05) is 7.11 Å². The maximum absolute atomic E-state index is 10.9. The van der Waals surface area contributed by atoms with Crippen molar-refractivity contribution in [2.24, 2.45) is 17.3 Å². The van der Waals surface area contributed by atoms with E-state index in [1.165, 1.54) is 20.1 Å². The van der Waals surface area contributed by atoms with Crippen molar-refractivity contribution in [1.82, 2.24) is 0 Å². The summed E-state index contributed by atoms with van der Waals surface area (Å²) in [5.74, 6) is -0.575. The second-order valence-corrected chi connectivity index (χ2v) is 11.2. The molecule has 0 heterocycles. The normalized spacial score (nSPS) is 16.9. The molecule has 292 valence electrons. The number of aliphatic carboxylic acids is 1. The molecule has 3 unspecified atom stereocenters. The summed E-state index contributed by atoms with van der Waals surface area (Å²) in [4.78, 5) is 20.5. The Balaban J connectivity index is -0.000000123. The van der Waals surface area contributed by atoms with Crippen LogP contribution in [0.5, 0.6) is 0 Å². The van der Waals surface area contributed by atoms with Crippen molar-refractivity contribution < 1.29 is 19.4 Å². The predicted octanol–water partition coefficient (Wildman–Crippen LogP) is 12.1.